The lowest BCUT2D eigenvalue weighted by Gasteiger charge is -2.18. The van der Waals surface area contributed by atoms with Crippen molar-refractivity contribution in [1.29, 1.82) is 0 Å². The number of ether oxygens (including phenoxy) is 2. The summed E-state index contributed by atoms with van der Waals surface area (Å²) in [6.45, 7) is 6.42. The van der Waals surface area contributed by atoms with Crippen LogP contribution in [0.25, 0.3) is 0 Å². The van der Waals surface area contributed by atoms with Gasteiger partial charge in [-0.2, -0.15) is 0 Å². The van der Waals surface area contributed by atoms with Gasteiger partial charge < -0.3 is 9.47 Å². The molecule has 0 fully saturated rings. The van der Waals surface area contributed by atoms with E-state index in [2.05, 4.69) is 5.48 Å². The van der Waals surface area contributed by atoms with Crippen LogP contribution in [0.3, 0.4) is 0 Å². The summed E-state index contributed by atoms with van der Waals surface area (Å²) in [6.07, 6.45) is 0. The molecule has 5 heteroatoms. The van der Waals surface area contributed by atoms with E-state index >= 15 is 0 Å². The van der Waals surface area contributed by atoms with Crippen molar-refractivity contribution in [3.8, 4) is 0 Å². The maximum atomic E-state index is 11.1. The zero-order valence-electron chi connectivity index (χ0n) is 9.25. The summed E-state index contributed by atoms with van der Waals surface area (Å²) in [5, 5.41) is 0. The Morgan fingerprint density at radius 3 is 2.43 bits per heavy atom. The maximum Gasteiger partial charge on any atom is 0.269 e. The third-order valence-electron chi connectivity index (χ3n) is 1.21. The standard InChI is InChI=1S/C9H19NO4/c1-9(2,3)13-7-8(11)10-14-6-5-12-4/h5-7H2,1-4H3,(H,10,11). The minimum atomic E-state index is -0.316. The van der Waals surface area contributed by atoms with E-state index in [1.807, 2.05) is 20.8 Å². The fourth-order valence-electron chi connectivity index (χ4n) is 0.568. The van der Waals surface area contributed by atoms with Gasteiger partial charge in [0.25, 0.3) is 5.91 Å². The summed E-state index contributed by atoms with van der Waals surface area (Å²) in [7, 11) is 1.56. The van der Waals surface area contributed by atoms with Crippen LogP contribution in [0, 0.1) is 0 Å². The second-order valence-corrected chi connectivity index (χ2v) is 3.77. The molecule has 0 bridgehead atoms. The minimum absolute atomic E-state index is 0.00349. The number of carbonyl (C=O) groups excluding carboxylic acids is 1. The molecule has 84 valence electrons. The quantitative estimate of drug-likeness (QED) is 0.506. The Labute approximate surface area is 84.7 Å². The van der Waals surface area contributed by atoms with Gasteiger partial charge in [-0.15, -0.1) is 0 Å². The highest BCUT2D eigenvalue weighted by molar-refractivity contribution is 5.76. The topological polar surface area (TPSA) is 56.8 Å². The molecule has 0 saturated heterocycles. The average molecular weight is 205 g/mol. The van der Waals surface area contributed by atoms with Gasteiger partial charge in [0.15, 0.2) is 0 Å². The zero-order valence-corrected chi connectivity index (χ0v) is 9.25. The van der Waals surface area contributed by atoms with Crippen LogP contribution in [0.15, 0.2) is 0 Å². The number of hydrogen-bond acceptors (Lipinski definition) is 4. The number of methoxy groups -OCH3 is 1. The Balaban J connectivity index is 3.38. The summed E-state index contributed by atoms with van der Waals surface area (Å²) >= 11 is 0. The summed E-state index contributed by atoms with van der Waals surface area (Å²) in [4.78, 5) is 15.8. The highest BCUT2D eigenvalue weighted by Crippen LogP contribution is 2.05. The number of carbonyl (C=O) groups is 1. The van der Waals surface area contributed by atoms with E-state index in [0.29, 0.717) is 13.2 Å². The molecule has 1 N–H and O–H groups in total. The Morgan fingerprint density at radius 2 is 1.93 bits per heavy atom. The van der Waals surface area contributed by atoms with Crippen molar-refractivity contribution in [2.45, 2.75) is 26.4 Å². The van der Waals surface area contributed by atoms with E-state index in [-0.39, 0.29) is 18.1 Å². The first-order valence-electron chi connectivity index (χ1n) is 4.49. The molecular weight excluding hydrogens is 186 g/mol. The molecular formula is C9H19NO4. The zero-order chi connectivity index (χ0) is 11.0. The molecule has 0 aliphatic heterocycles. The number of nitrogens with one attached hydrogen (secondary N) is 1. The van der Waals surface area contributed by atoms with Crippen molar-refractivity contribution in [2.75, 3.05) is 26.9 Å². The number of hydroxylamine groups is 1. The normalized spacial score (nSPS) is 11.4. The molecule has 0 aromatic rings. The Kier molecular flexibility index (Phi) is 6.44. The van der Waals surface area contributed by atoms with Gasteiger partial charge in [-0.3, -0.25) is 9.63 Å². The first-order valence-corrected chi connectivity index (χ1v) is 4.49. The van der Waals surface area contributed by atoms with Gasteiger partial charge in [-0.05, 0) is 20.8 Å². The fraction of sp³-hybridized carbons (Fsp3) is 0.889. The molecule has 0 aromatic carbocycles. The molecule has 0 rings (SSSR count). The van der Waals surface area contributed by atoms with Gasteiger partial charge in [-0.1, -0.05) is 0 Å². The minimum Gasteiger partial charge on any atom is -0.382 e. The number of rotatable bonds is 6. The van der Waals surface area contributed by atoms with E-state index in [1.165, 1.54) is 0 Å². The lowest BCUT2D eigenvalue weighted by molar-refractivity contribution is -0.143. The van der Waals surface area contributed by atoms with E-state index < -0.39 is 0 Å². The fourth-order valence-corrected chi connectivity index (χ4v) is 0.568. The van der Waals surface area contributed by atoms with Crippen LogP contribution in [0.5, 0.6) is 0 Å². The highest BCUT2D eigenvalue weighted by Gasteiger charge is 2.12. The van der Waals surface area contributed by atoms with Gasteiger partial charge in [0, 0.05) is 7.11 Å². The van der Waals surface area contributed by atoms with E-state index in [1.54, 1.807) is 7.11 Å². The molecule has 0 atom stereocenters. The summed E-state index contributed by atoms with van der Waals surface area (Å²) in [5.41, 5.74) is 1.93. The number of hydrogen-bond donors (Lipinski definition) is 1. The van der Waals surface area contributed by atoms with E-state index in [4.69, 9.17) is 14.3 Å². The molecule has 0 spiro atoms. The molecule has 14 heavy (non-hydrogen) atoms. The lowest BCUT2D eigenvalue weighted by Crippen LogP contribution is -2.32. The van der Waals surface area contributed by atoms with Gasteiger partial charge in [0.05, 0.1) is 18.8 Å². The van der Waals surface area contributed by atoms with Crippen LogP contribution in [0.1, 0.15) is 20.8 Å². The summed E-state index contributed by atoms with van der Waals surface area (Å²) in [6, 6.07) is 0. The van der Waals surface area contributed by atoms with Crippen LogP contribution in [0.4, 0.5) is 0 Å². The lowest BCUT2D eigenvalue weighted by atomic mass is 10.2. The van der Waals surface area contributed by atoms with Crippen molar-refractivity contribution in [2.24, 2.45) is 0 Å². The summed E-state index contributed by atoms with van der Waals surface area (Å²) in [5.74, 6) is -0.295. The molecule has 0 unspecified atom stereocenters. The SMILES string of the molecule is COCCONC(=O)COC(C)(C)C. The van der Waals surface area contributed by atoms with Crippen molar-refractivity contribution in [3.05, 3.63) is 0 Å². The second-order valence-electron chi connectivity index (χ2n) is 3.77. The van der Waals surface area contributed by atoms with Crippen molar-refractivity contribution < 1.29 is 19.1 Å². The van der Waals surface area contributed by atoms with E-state index in [0.717, 1.165) is 0 Å². The molecule has 5 nitrogen and oxygen atoms in total. The molecule has 0 aliphatic rings. The summed E-state index contributed by atoms with van der Waals surface area (Å²) < 4.78 is 9.96. The third-order valence-corrected chi connectivity index (χ3v) is 1.21. The molecule has 1 amide bonds. The third kappa shape index (κ3) is 9.44. The first-order chi connectivity index (χ1) is 6.45. The Morgan fingerprint density at radius 1 is 1.29 bits per heavy atom. The van der Waals surface area contributed by atoms with Gasteiger partial charge >= 0.3 is 0 Å². The average Bonchev–Trinajstić information content (AvgIpc) is 2.08. The van der Waals surface area contributed by atoms with Gasteiger partial charge in [-0.25, -0.2) is 5.48 Å². The van der Waals surface area contributed by atoms with Crippen molar-refractivity contribution in [1.82, 2.24) is 5.48 Å². The molecule has 0 radical (unpaired) electrons. The second kappa shape index (κ2) is 6.75. The van der Waals surface area contributed by atoms with Crippen LogP contribution < -0.4 is 5.48 Å². The van der Waals surface area contributed by atoms with Gasteiger partial charge in [0.1, 0.15) is 6.61 Å². The predicted octanol–water partition coefficient (Wildman–Crippen LogP) is 0.496. The van der Waals surface area contributed by atoms with Crippen LogP contribution in [0.2, 0.25) is 0 Å². The highest BCUT2D eigenvalue weighted by atomic mass is 16.7. The van der Waals surface area contributed by atoms with Crippen LogP contribution in [-0.2, 0) is 19.1 Å². The molecule has 0 aliphatic carbocycles. The Hall–Kier alpha value is -0.650. The largest absolute Gasteiger partial charge is 0.382 e. The van der Waals surface area contributed by atoms with Crippen LogP contribution >= 0.6 is 0 Å². The van der Waals surface area contributed by atoms with Crippen molar-refractivity contribution in [3.63, 3.8) is 0 Å². The van der Waals surface area contributed by atoms with Crippen LogP contribution in [-0.4, -0.2) is 38.4 Å². The predicted molar refractivity (Wildman–Crippen MR) is 51.7 cm³/mol. The molecule has 0 aromatic heterocycles. The number of amides is 1. The maximum absolute atomic E-state index is 11.1. The van der Waals surface area contributed by atoms with Crippen molar-refractivity contribution >= 4 is 5.91 Å². The van der Waals surface area contributed by atoms with Gasteiger partial charge in [0.2, 0.25) is 0 Å². The first kappa shape index (κ1) is 13.4. The molecule has 0 saturated carbocycles. The smallest absolute Gasteiger partial charge is 0.269 e. The monoisotopic (exact) mass is 205 g/mol. The Bertz CT molecular complexity index is 165. The van der Waals surface area contributed by atoms with E-state index in [9.17, 15) is 4.79 Å². The molecule has 0 heterocycles.